The van der Waals surface area contributed by atoms with Gasteiger partial charge in [-0.1, -0.05) is 24.3 Å². The third kappa shape index (κ3) is 2.71. The molecule has 1 heterocycles. The molecule has 0 radical (unpaired) electrons. The molecule has 3 amide bonds. The van der Waals surface area contributed by atoms with Gasteiger partial charge in [0, 0.05) is 11.3 Å². The SMILES string of the molecule is Cc1cccc(C)c1NC(=O)c1cccc(N2C(=O)[C@H]3[C@@H]4CC[C@@H](C4)[C@@H]3C2=O)c1. The Morgan fingerprint density at radius 3 is 2.14 bits per heavy atom. The predicted molar refractivity (Wildman–Crippen MR) is 111 cm³/mol. The number of benzene rings is 2. The average molecular weight is 388 g/mol. The maximum Gasteiger partial charge on any atom is 0.255 e. The lowest BCUT2D eigenvalue weighted by Gasteiger charge is -2.19. The van der Waals surface area contributed by atoms with E-state index in [2.05, 4.69) is 5.32 Å². The quantitative estimate of drug-likeness (QED) is 0.806. The molecule has 2 aromatic carbocycles. The van der Waals surface area contributed by atoms with Crippen molar-refractivity contribution >= 4 is 29.1 Å². The van der Waals surface area contributed by atoms with E-state index in [1.807, 2.05) is 32.0 Å². The minimum atomic E-state index is -0.247. The van der Waals surface area contributed by atoms with Crippen molar-refractivity contribution in [3.63, 3.8) is 0 Å². The highest BCUT2D eigenvalue weighted by Gasteiger charge is 2.61. The standard InChI is InChI=1S/C24H24N2O3/c1-13-5-3-6-14(2)21(13)25-22(27)17-7-4-8-18(12-17)26-23(28)19-15-9-10-16(11-15)20(19)24(26)29/h3-8,12,15-16,19-20H,9-11H2,1-2H3,(H,25,27)/t15-,16+,19-,20-/m0/s1. The highest BCUT2D eigenvalue weighted by atomic mass is 16.2. The first-order valence-electron chi connectivity index (χ1n) is 10.3. The molecule has 3 fully saturated rings. The summed E-state index contributed by atoms with van der Waals surface area (Å²) in [6.07, 6.45) is 3.12. The summed E-state index contributed by atoms with van der Waals surface area (Å²) in [6.45, 7) is 3.90. The molecule has 1 saturated heterocycles. The Bertz CT molecular complexity index is 996. The summed E-state index contributed by atoms with van der Waals surface area (Å²) in [4.78, 5) is 40.3. The summed E-state index contributed by atoms with van der Waals surface area (Å²) < 4.78 is 0. The van der Waals surface area contributed by atoms with Gasteiger partial charge < -0.3 is 5.32 Å². The minimum Gasteiger partial charge on any atom is -0.322 e. The number of nitrogens with one attached hydrogen (secondary N) is 1. The van der Waals surface area contributed by atoms with Crippen LogP contribution in [0.2, 0.25) is 0 Å². The van der Waals surface area contributed by atoms with E-state index >= 15 is 0 Å². The Morgan fingerprint density at radius 1 is 0.931 bits per heavy atom. The van der Waals surface area contributed by atoms with Crippen LogP contribution in [0.15, 0.2) is 42.5 Å². The van der Waals surface area contributed by atoms with Gasteiger partial charge in [-0.05, 0) is 74.3 Å². The second kappa shape index (κ2) is 6.55. The van der Waals surface area contributed by atoms with E-state index in [0.29, 0.717) is 23.1 Å². The molecule has 5 rings (SSSR count). The molecule has 2 saturated carbocycles. The Morgan fingerprint density at radius 2 is 1.52 bits per heavy atom. The number of carbonyl (C=O) groups is 3. The van der Waals surface area contributed by atoms with E-state index < -0.39 is 0 Å². The number of hydrogen-bond donors (Lipinski definition) is 1. The second-order valence-corrected chi connectivity index (χ2v) is 8.67. The highest BCUT2D eigenvalue weighted by molar-refractivity contribution is 6.23. The Balaban J connectivity index is 1.42. The van der Waals surface area contributed by atoms with Crippen LogP contribution in [0.4, 0.5) is 11.4 Å². The van der Waals surface area contributed by atoms with Gasteiger partial charge >= 0.3 is 0 Å². The fraction of sp³-hybridized carbons (Fsp3) is 0.375. The summed E-state index contributed by atoms with van der Waals surface area (Å²) in [5.74, 6) is -0.0340. The first-order valence-corrected chi connectivity index (χ1v) is 10.3. The van der Waals surface area contributed by atoms with Crippen molar-refractivity contribution in [2.45, 2.75) is 33.1 Å². The van der Waals surface area contributed by atoms with Crippen molar-refractivity contribution in [2.24, 2.45) is 23.7 Å². The molecular weight excluding hydrogens is 364 g/mol. The Hall–Kier alpha value is -2.95. The lowest BCUT2D eigenvalue weighted by molar-refractivity contribution is -0.123. The summed E-state index contributed by atoms with van der Waals surface area (Å²) in [7, 11) is 0. The van der Waals surface area contributed by atoms with Crippen LogP contribution in [0.5, 0.6) is 0 Å². The molecule has 5 heteroatoms. The maximum atomic E-state index is 13.1. The number of imide groups is 1. The van der Waals surface area contributed by atoms with Crippen LogP contribution in [0.25, 0.3) is 0 Å². The number of para-hydroxylation sites is 1. The lowest BCUT2D eigenvalue weighted by Crippen LogP contribution is -2.33. The molecule has 0 spiro atoms. The van der Waals surface area contributed by atoms with Crippen LogP contribution >= 0.6 is 0 Å². The summed E-state index contributed by atoms with van der Waals surface area (Å²) in [5, 5.41) is 2.97. The van der Waals surface area contributed by atoms with Crippen LogP contribution < -0.4 is 10.2 Å². The molecule has 3 aliphatic rings. The molecule has 0 aromatic heterocycles. The van der Waals surface area contributed by atoms with Gasteiger partial charge in [0.2, 0.25) is 11.8 Å². The normalized spacial score (nSPS) is 27.4. The smallest absolute Gasteiger partial charge is 0.255 e. The molecule has 4 atom stereocenters. The fourth-order valence-corrected chi connectivity index (χ4v) is 5.65. The maximum absolute atomic E-state index is 13.1. The van der Waals surface area contributed by atoms with Crippen LogP contribution in [-0.2, 0) is 9.59 Å². The predicted octanol–water partition coefficient (Wildman–Crippen LogP) is 4.09. The van der Waals surface area contributed by atoms with E-state index in [1.54, 1.807) is 24.3 Å². The first-order chi connectivity index (χ1) is 14.0. The number of nitrogens with zero attached hydrogens (tertiary/aromatic N) is 1. The van der Waals surface area contributed by atoms with Gasteiger partial charge in [0.25, 0.3) is 5.91 Å². The van der Waals surface area contributed by atoms with Gasteiger partial charge in [0.05, 0.1) is 17.5 Å². The van der Waals surface area contributed by atoms with Crippen LogP contribution in [0, 0.1) is 37.5 Å². The molecular formula is C24H24N2O3. The van der Waals surface area contributed by atoms with Crippen molar-refractivity contribution in [1.82, 2.24) is 0 Å². The van der Waals surface area contributed by atoms with Crippen molar-refractivity contribution in [1.29, 1.82) is 0 Å². The zero-order valence-electron chi connectivity index (χ0n) is 16.6. The summed E-state index contributed by atoms with van der Waals surface area (Å²) in [6, 6.07) is 12.7. The van der Waals surface area contributed by atoms with Crippen LogP contribution in [0.3, 0.4) is 0 Å². The van der Waals surface area contributed by atoms with Gasteiger partial charge in [-0.25, -0.2) is 0 Å². The largest absolute Gasteiger partial charge is 0.322 e. The zero-order chi connectivity index (χ0) is 20.3. The second-order valence-electron chi connectivity index (χ2n) is 8.67. The van der Waals surface area contributed by atoms with E-state index in [4.69, 9.17) is 0 Å². The molecule has 0 unspecified atom stereocenters. The highest BCUT2D eigenvalue weighted by Crippen LogP contribution is 2.56. The molecule has 2 aromatic rings. The van der Waals surface area contributed by atoms with Gasteiger partial charge in [-0.15, -0.1) is 0 Å². The van der Waals surface area contributed by atoms with E-state index in [-0.39, 0.29) is 29.6 Å². The monoisotopic (exact) mass is 388 g/mol. The molecule has 2 bridgehead atoms. The van der Waals surface area contributed by atoms with Crippen molar-refractivity contribution in [2.75, 3.05) is 10.2 Å². The number of rotatable bonds is 3. The van der Waals surface area contributed by atoms with Crippen molar-refractivity contribution in [3.05, 3.63) is 59.2 Å². The van der Waals surface area contributed by atoms with E-state index in [1.165, 1.54) is 4.90 Å². The molecule has 2 aliphatic carbocycles. The third-order valence-corrected chi connectivity index (χ3v) is 7.01. The molecule has 1 aliphatic heterocycles. The van der Waals surface area contributed by atoms with E-state index in [0.717, 1.165) is 36.1 Å². The summed E-state index contributed by atoms with van der Waals surface area (Å²) in [5.41, 5.74) is 3.71. The van der Waals surface area contributed by atoms with Gasteiger partial charge in [0.1, 0.15) is 0 Å². The van der Waals surface area contributed by atoms with Crippen LogP contribution in [0.1, 0.15) is 40.7 Å². The minimum absolute atomic E-state index is 0.0838. The number of fused-ring (bicyclic) bond motifs is 5. The number of carbonyl (C=O) groups excluding carboxylic acids is 3. The van der Waals surface area contributed by atoms with Gasteiger partial charge in [0.15, 0.2) is 0 Å². The summed E-state index contributed by atoms with van der Waals surface area (Å²) >= 11 is 0. The third-order valence-electron chi connectivity index (χ3n) is 7.01. The van der Waals surface area contributed by atoms with Gasteiger partial charge in [-0.2, -0.15) is 0 Å². The number of aryl methyl sites for hydroxylation is 2. The topological polar surface area (TPSA) is 66.5 Å². The first kappa shape index (κ1) is 18.1. The number of hydrogen-bond acceptors (Lipinski definition) is 3. The zero-order valence-corrected chi connectivity index (χ0v) is 16.6. The lowest BCUT2D eigenvalue weighted by atomic mass is 9.81. The molecule has 29 heavy (non-hydrogen) atoms. The van der Waals surface area contributed by atoms with E-state index in [9.17, 15) is 14.4 Å². The Labute approximate surface area is 170 Å². The molecule has 148 valence electrons. The number of amides is 3. The fourth-order valence-electron chi connectivity index (χ4n) is 5.65. The average Bonchev–Trinajstić information content (AvgIpc) is 3.38. The number of anilines is 2. The van der Waals surface area contributed by atoms with Gasteiger partial charge in [-0.3, -0.25) is 19.3 Å². The Kier molecular flexibility index (Phi) is 4.09. The molecule has 5 nitrogen and oxygen atoms in total. The van der Waals surface area contributed by atoms with Crippen LogP contribution in [-0.4, -0.2) is 17.7 Å². The van der Waals surface area contributed by atoms with Crippen molar-refractivity contribution in [3.8, 4) is 0 Å². The molecule has 1 N–H and O–H groups in total. The van der Waals surface area contributed by atoms with Crippen molar-refractivity contribution < 1.29 is 14.4 Å².